The van der Waals surface area contributed by atoms with E-state index < -0.39 is 29.5 Å². The van der Waals surface area contributed by atoms with E-state index in [2.05, 4.69) is 5.32 Å². The maximum absolute atomic E-state index is 12.2. The topological polar surface area (TPSA) is 101 Å². The van der Waals surface area contributed by atoms with Gasteiger partial charge < -0.3 is 10.6 Å². The molecule has 142 valence electrons. The molecule has 10 heteroatoms. The molecule has 2 N–H and O–H groups in total. The molecule has 2 rings (SSSR count). The zero-order chi connectivity index (χ0) is 20.0. The molecule has 0 atom stereocenters. The molecule has 2 aromatic carbocycles. The summed E-state index contributed by atoms with van der Waals surface area (Å²) in [5.41, 5.74) is 0.325. The van der Waals surface area contributed by atoms with Crippen LogP contribution in [-0.4, -0.2) is 29.5 Å². The van der Waals surface area contributed by atoms with E-state index in [1.54, 1.807) is 5.32 Å². The Balaban J connectivity index is 2.05. The summed E-state index contributed by atoms with van der Waals surface area (Å²) < 4.78 is 36.7. The second kappa shape index (κ2) is 8.30. The van der Waals surface area contributed by atoms with E-state index in [9.17, 15) is 32.9 Å². The van der Waals surface area contributed by atoms with Crippen molar-refractivity contribution in [3.05, 3.63) is 69.8 Å². The molecule has 0 aliphatic rings. The van der Waals surface area contributed by atoms with Crippen molar-refractivity contribution in [2.75, 3.05) is 11.9 Å². The lowest BCUT2D eigenvalue weighted by Crippen LogP contribution is -2.34. The molecule has 0 aliphatic heterocycles. The maximum Gasteiger partial charge on any atom is 0.405 e. The van der Waals surface area contributed by atoms with E-state index in [4.69, 9.17) is 0 Å². The minimum atomic E-state index is -4.55. The van der Waals surface area contributed by atoms with Gasteiger partial charge >= 0.3 is 6.18 Å². The first-order chi connectivity index (χ1) is 12.7. The molecule has 7 nitrogen and oxygen atoms in total. The van der Waals surface area contributed by atoms with Crippen molar-refractivity contribution in [2.24, 2.45) is 0 Å². The molecule has 0 aliphatic carbocycles. The molecule has 0 aromatic heterocycles. The number of nitro groups is 1. The summed E-state index contributed by atoms with van der Waals surface area (Å²) in [6, 6.07) is 11.0. The van der Waals surface area contributed by atoms with Crippen LogP contribution in [0.15, 0.2) is 48.5 Å². The molecule has 0 fully saturated rings. The van der Waals surface area contributed by atoms with Gasteiger partial charge in [0.05, 0.1) is 22.6 Å². The largest absolute Gasteiger partial charge is 0.405 e. The second-order valence-electron chi connectivity index (χ2n) is 5.49. The number of nitrogens with one attached hydrogen (secondary N) is 2. The minimum Gasteiger partial charge on any atom is -0.343 e. The van der Waals surface area contributed by atoms with Crippen LogP contribution in [0.4, 0.5) is 24.5 Å². The second-order valence-corrected chi connectivity index (χ2v) is 5.49. The van der Waals surface area contributed by atoms with E-state index in [0.29, 0.717) is 5.56 Å². The summed E-state index contributed by atoms with van der Waals surface area (Å²) in [4.78, 5) is 34.1. The molecule has 2 aromatic rings. The van der Waals surface area contributed by atoms with Gasteiger partial charge in [0.25, 0.3) is 11.6 Å². The van der Waals surface area contributed by atoms with Crippen LogP contribution < -0.4 is 10.6 Å². The number of halogens is 3. The van der Waals surface area contributed by atoms with Gasteiger partial charge in [0.1, 0.15) is 6.54 Å². The van der Waals surface area contributed by atoms with Crippen LogP contribution in [-0.2, 0) is 11.2 Å². The monoisotopic (exact) mass is 381 g/mol. The summed E-state index contributed by atoms with van der Waals surface area (Å²) in [7, 11) is 0. The molecule has 0 unspecified atom stereocenters. The maximum atomic E-state index is 12.2. The Kier molecular flexibility index (Phi) is 6.11. The predicted molar refractivity (Wildman–Crippen MR) is 90.3 cm³/mol. The minimum absolute atomic E-state index is 0.0593. The van der Waals surface area contributed by atoms with Crippen molar-refractivity contribution in [2.45, 2.75) is 12.6 Å². The molecule has 2 amide bonds. The zero-order valence-corrected chi connectivity index (χ0v) is 13.7. The summed E-state index contributed by atoms with van der Waals surface area (Å²) in [6.07, 6.45) is -4.68. The van der Waals surface area contributed by atoms with Crippen LogP contribution in [0.2, 0.25) is 0 Å². The van der Waals surface area contributed by atoms with Crippen molar-refractivity contribution < 1.29 is 27.7 Å². The Hall–Kier alpha value is -3.43. The number of hydrogen-bond acceptors (Lipinski definition) is 4. The van der Waals surface area contributed by atoms with Crippen LogP contribution in [0.25, 0.3) is 0 Å². The lowest BCUT2D eigenvalue weighted by molar-refractivity contribution is -0.384. The van der Waals surface area contributed by atoms with Gasteiger partial charge in [-0.05, 0) is 17.7 Å². The van der Waals surface area contributed by atoms with Crippen molar-refractivity contribution >= 4 is 23.2 Å². The number of nitro benzene ring substituents is 1. The number of benzene rings is 2. The Morgan fingerprint density at radius 2 is 1.67 bits per heavy atom. The van der Waals surface area contributed by atoms with E-state index >= 15 is 0 Å². The van der Waals surface area contributed by atoms with Gasteiger partial charge in [-0.1, -0.05) is 24.3 Å². The number of nitrogens with zero attached hydrogens (tertiary/aromatic N) is 1. The Labute approximate surface area is 151 Å². The standard InChI is InChI=1S/C17H14F3N3O4/c18-17(19,20)10-21-16(25)13-3-1-2-4-14(13)22-15(24)9-11-5-7-12(8-6-11)23(26)27/h1-8H,9-10H2,(H,21,25)(H,22,24). The smallest absolute Gasteiger partial charge is 0.343 e. The number of amides is 2. The van der Waals surface area contributed by atoms with Crippen molar-refractivity contribution in [3.63, 3.8) is 0 Å². The highest BCUT2D eigenvalue weighted by atomic mass is 19.4. The number of non-ortho nitro benzene ring substituents is 1. The van der Waals surface area contributed by atoms with Crippen molar-refractivity contribution in [1.82, 2.24) is 5.32 Å². The number of alkyl halides is 3. The quantitative estimate of drug-likeness (QED) is 0.593. The zero-order valence-electron chi connectivity index (χ0n) is 13.7. The number of carbonyl (C=O) groups is 2. The number of carbonyl (C=O) groups excluding carboxylic acids is 2. The van der Waals surface area contributed by atoms with Crippen molar-refractivity contribution in [3.8, 4) is 0 Å². The fourth-order valence-corrected chi connectivity index (χ4v) is 2.18. The number of para-hydroxylation sites is 1. The van der Waals surface area contributed by atoms with Crippen LogP contribution >= 0.6 is 0 Å². The molecule has 0 spiro atoms. The molecule has 0 saturated carbocycles. The van der Waals surface area contributed by atoms with E-state index in [0.717, 1.165) is 0 Å². The first kappa shape index (κ1) is 19.9. The lowest BCUT2D eigenvalue weighted by Gasteiger charge is -2.12. The van der Waals surface area contributed by atoms with Crippen LogP contribution in [0.5, 0.6) is 0 Å². The van der Waals surface area contributed by atoms with E-state index in [1.165, 1.54) is 48.5 Å². The first-order valence-electron chi connectivity index (χ1n) is 7.63. The normalized spacial score (nSPS) is 10.9. The van der Waals surface area contributed by atoms with Gasteiger partial charge in [0.2, 0.25) is 5.91 Å². The average Bonchev–Trinajstić information content (AvgIpc) is 2.60. The van der Waals surface area contributed by atoms with E-state index in [-0.39, 0.29) is 23.4 Å². The third kappa shape index (κ3) is 6.10. The number of anilines is 1. The highest BCUT2D eigenvalue weighted by Gasteiger charge is 2.28. The van der Waals surface area contributed by atoms with Crippen LogP contribution in [0, 0.1) is 10.1 Å². The molecule has 0 heterocycles. The van der Waals surface area contributed by atoms with E-state index in [1.807, 2.05) is 0 Å². The molecular formula is C17H14F3N3O4. The summed E-state index contributed by atoms with van der Waals surface area (Å²) >= 11 is 0. The van der Waals surface area contributed by atoms with Gasteiger partial charge in [-0.25, -0.2) is 0 Å². The van der Waals surface area contributed by atoms with Gasteiger partial charge in [-0.3, -0.25) is 19.7 Å². The fourth-order valence-electron chi connectivity index (χ4n) is 2.18. The van der Waals surface area contributed by atoms with Gasteiger partial charge in [0, 0.05) is 12.1 Å². The SMILES string of the molecule is O=C(Cc1ccc([N+](=O)[O-])cc1)Nc1ccccc1C(=O)NCC(F)(F)F. The third-order valence-corrected chi connectivity index (χ3v) is 3.41. The summed E-state index contributed by atoms with van der Waals surface area (Å²) in [5.74, 6) is -1.50. The molecule has 27 heavy (non-hydrogen) atoms. The van der Waals surface area contributed by atoms with Gasteiger partial charge in [-0.2, -0.15) is 13.2 Å². The van der Waals surface area contributed by atoms with Gasteiger partial charge in [-0.15, -0.1) is 0 Å². The lowest BCUT2D eigenvalue weighted by atomic mass is 10.1. The fraction of sp³-hybridized carbons (Fsp3) is 0.176. The molecule has 0 saturated heterocycles. The number of hydrogen-bond donors (Lipinski definition) is 2. The molecular weight excluding hydrogens is 367 g/mol. The summed E-state index contributed by atoms with van der Waals surface area (Å²) in [6.45, 7) is -1.49. The number of rotatable bonds is 6. The molecule has 0 bridgehead atoms. The molecule has 0 radical (unpaired) electrons. The predicted octanol–water partition coefficient (Wildman–Crippen LogP) is 3.07. The summed E-state index contributed by atoms with van der Waals surface area (Å²) in [5, 5.41) is 14.8. The highest BCUT2D eigenvalue weighted by molar-refractivity contribution is 6.04. The average molecular weight is 381 g/mol. The Bertz CT molecular complexity index is 851. The highest BCUT2D eigenvalue weighted by Crippen LogP contribution is 2.18. The van der Waals surface area contributed by atoms with Crippen LogP contribution in [0.1, 0.15) is 15.9 Å². The first-order valence-corrected chi connectivity index (χ1v) is 7.63. The Morgan fingerprint density at radius 3 is 2.26 bits per heavy atom. The van der Waals surface area contributed by atoms with Crippen molar-refractivity contribution in [1.29, 1.82) is 0 Å². The Morgan fingerprint density at radius 1 is 1.04 bits per heavy atom. The van der Waals surface area contributed by atoms with Crippen LogP contribution in [0.3, 0.4) is 0 Å². The van der Waals surface area contributed by atoms with Gasteiger partial charge in [0.15, 0.2) is 0 Å². The third-order valence-electron chi connectivity index (χ3n) is 3.41.